The average molecular weight is 411 g/mol. The number of nitrogens with one attached hydrogen (secondary N) is 2. The standard InChI is InChI=1S/C25H50N2O2/c1-2-3-4-5-6-7-8-9-10-11-12-13-14-15-16-19-25(28)27-20-17-18-24-23-26-21-22-29-24/h24,26H,2-23H2,1H3,(H,27,28). The third-order valence-corrected chi connectivity index (χ3v) is 6.04. The number of hydrogen-bond donors (Lipinski definition) is 2. The lowest BCUT2D eigenvalue weighted by Gasteiger charge is -2.23. The first-order chi connectivity index (χ1) is 14.3. The summed E-state index contributed by atoms with van der Waals surface area (Å²) in [5.41, 5.74) is 0. The molecule has 0 bridgehead atoms. The fourth-order valence-corrected chi connectivity index (χ4v) is 4.11. The minimum absolute atomic E-state index is 0.224. The van der Waals surface area contributed by atoms with Gasteiger partial charge in [0.15, 0.2) is 0 Å². The summed E-state index contributed by atoms with van der Waals surface area (Å²) in [6, 6.07) is 0. The molecule has 1 atom stereocenters. The van der Waals surface area contributed by atoms with Gasteiger partial charge in [0.25, 0.3) is 0 Å². The van der Waals surface area contributed by atoms with Gasteiger partial charge in [0.1, 0.15) is 0 Å². The van der Waals surface area contributed by atoms with Crippen molar-refractivity contribution in [1.29, 1.82) is 0 Å². The highest BCUT2D eigenvalue weighted by Crippen LogP contribution is 2.13. The molecule has 172 valence electrons. The first-order valence-electron chi connectivity index (χ1n) is 12.9. The molecule has 1 heterocycles. The molecular weight excluding hydrogens is 360 g/mol. The Bertz CT molecular complexity index is 357. The molecule has 1 aliphatic rings. The molecule has 1 rings (SSSR count). The summed E-state index contributed by atoms with van der Waals surface area (Å²) in [5.74, 6) is 0.224. The van der Waals surface area contributed by atoms with E-state index >= 15 is 0 Å². The molecule has 2 N–H and O–H groups in total. The second kappa shape index (κ2) is 20.7. The van der Waals surface area contributed by atoms with Gasteiger partial charge in [0.05, 0.1) is 12.7 Å². The van der Waals surface area contributed by atoms with E-state index in [2.05, 4.69) is 17.6 Å². The molecule has 29 heavy (non-hydrogen) atoms. The molecule has 1 fully saturated rings. The van der Waals surface area contributed by atoms with Gasteiger partial charge in [-0.3, -0.25) is 4.79 Å². The normalized spacial score (nSPS) is 16.8. The van der Waals surface area contributed by atoms with E-state index in [1.54, 1.807) is 0 Å². The maximum absolute atomic E-state index is 11.9. The third-order valence-electron chi connectivity index (χ3n) is 6.04. The highest BCUT2D eigenvalue weighted by atomic mass is 16.5. The van der Waals surface area contributed by atoms with Crippen molar-refractivity contribution in [3.8, 4) is 0 Å². The van der Waals surface area contributed by atoms with Crippen molar-refractivity contribution in [2.45, 2.75) is 129 Å². The second-order valence-electron chi connectivity index (χ2n) is 8.89. The van der Waals surface area contributed by atoms with Crippen LogP contribution in [0.2, 0.25) is 0 Å². The van der Waals surface area contributed by atoms with E-state index in [1.807, 2.05) is 0 Å². The number of rotatable bonds is 20. The molecule has 1 unspecified atom stereocenters. The topological polar surface area (TPSA) is 50.4 Å². The van der Waals surface area contributed by atoms with Crippen LogP contribution in [0.1, 0.15) is 122 Å². The first-order valence-corrected chi connectivity index (χ1v) is 12.9. The van der Waals surface area contributed by atoms with Crippen LogP contribution in [0.15, 0.2) is 0 Å². The summed E-state index contributed by atoms with van der Waals surface area (Å²) >= 11 is 0. The number of hydrogen-bond acceptors (Lipinski definition) is 3. The number of morpholine rings is 1. The SMILES string of the molecule is CCCCCCCCCCCCCCCCCC(=O)NCCCC1CNCCO1. The molecular formula is C25H50N2O2. The monoisotopic (exact) mass is 410 g/mol. The minimum atomic E-state index is 0.224. The summed E-state index contributed by atoms with van der Waals surface area (Å²) in [4.78, 5) is 11.9. The molecule has 0 saturated carbocycles. The number of unbranched alkanes of at least 4 members (excludes halogenated alkanes) is 14. The molecule has 4 nitrogen and oxygen atoms in total. The first kappa shape index (κ1) is 26.4. The summed E-state index contributed by atoms with van der Waals surface area (Å²) in [5, 5.41) is 6.40. The summed E-state index contributed by atoms with van der Waals surface area (Å²) in [6.07, 6.45) is 23.5. The van der Waals surface area contributed by atoms with Crippen LogP contribution in [0.5, 0.6) is 0 Å². The second-order valence-corrected chi connectivity index (χ2v) is 8.89. The van der Waals surface area contributed by atoms with E-state index in [0.717, 1.165) is 45.5 Å². The Balaban J connectivity index is 1.72. The van der Waals surface area contributed by atoms with Crippen LogP contribution in [-0.2, 0) is 9.53 Å². The highest BCUT2D eigenvalue weighted by molar-refractivity contribution is 5.75. The van der Waals surface area contributed by atoms with Crippen molar-refractivity contribution < 1.29 is 9.53 Å². The van der Waals surface area contributed by atoms with Gasteiger partial charge in [-0.2, -0.15) is 0 Å². The Morgan fingerprint density at radius 3 is 1.90 bits per heavy atom. The Morgan fingerprint density at radius 1 is 0.828 bits per heavy atom. The van der Waals surface area contributed by atoms with E-state index in [4.69, 9.17) is 4.74 Å². The summed E-state index contributed by atoms with van der Waals surface area (Å²) in [7, 11) is 0. The molecule has 4 heteroatoms. The van der Waals surface area contributed by atoms with E-state index < -0.39 is 0 Å². The fraction of sp³-hybridized carbons (Fsp3) is 0.960. The molecule has 0 aromatic rings. The van der Waals surface area contributed by atoms with Gasteiger partial charge < -0.3 is 15.4 Å². The number of amides is 1. The summed E-state index contributed by atoms with van der Waals surface area (Å²) < 4.78 is 5.67. The van der Waals surface area contributed by atoms with Crippen LogP contribution in [0, 0.1) is 0 Å². The number of ether oxygens (including phenoxy) is 1. The van der Waals surface area contributed by atoms with Crippen molar-refractivity contribution in [2.75, 3.05) is 26.2 Å². The van der Waals surface area contributed by atoms with Crippen molar-refractivity contribution in [1.82, 2.24) is 10.6 Å². The molecule has 0 aromatic carbocycles. The van der Waals surface area contributed by atoms with Crippen LogP contribution in [0.3, 0.4) is 0 Å². The van der Waals surface area contributed by atoms with E-state index in [9.17, 15) is 4.79 Å². The molecule has 0 aromatic heterocycles. The Hall–Kier alpha value is -0.610. The van der Waals surface area contributed by atoms with Crippen molar-refractivity contribution in [2.24, 2.45) is 0 Å². The Labute approximate surface area is 181 Å². The van der Waals surface area contributed by atoms with Gasteiger partial charge in [0.2, 0.25) is 5.91 Å². The van der Waals surface area contributed by atoms with Crippen LogP contribution >= 0.6 is 0 Å². The molecule has 1 saturated heterocycles. The highest BCUT2D eigenvalue weighted by Gasteiger charge is 2.12. The van der Waals surface area contributed by atoms with Crippen LogP contribution in [0.4, 0.5) is 0 Å². The van der Waals surface area contributed by atoms with Gasteiger partial charge in [-0.15, -0.1) is 0 Å². The van der Waals surface area contributed by atoms with Gasteiger partial charge in [-0.05, 0) is 19.3 Å². The molecule has 0 radical (unpaired) electrons. The lowest BCUT2D eigenvalue weighted by molar-refractivity contribution is -0.121. The van der Waals surface area contributed by atoms with Gasteiger partial charge in [0, 0.05) is 26.1 Å². The minimum Gasteiger partial charge on any atom is -0.376 e. The van der Waals surface area contributed by atoms with Gasteiger partial charge in [-0.1, -0.05) is 96.8 Å². The van der Waals surface area contributed by atoms with Crippen LogP contribution in [0.25, 0.3) is 0 Å². The van der Waals surface area contributed by atoms with Crippen molar-refractivity contribution in [3.63, 3.8) is 0 Å². The molecule has 0 spiro atoms. The largest absolute Gasteiger partial charge is 0.376 e. The maximum Gasteiger partial charge on any atom is 0.219 e. The smallest absolute Gasteiger partial charge is 0.219 e. The zero-order valence-corrected chi connectivity index (χ0v) is 19.5. The quantitative estimate of drug-likeness (QED) is 0.237. The zero-order chi connectivity index (χ0) is 20.8. The molecule has 1 amide bonds. The summed E-state index contributed by atoms with van der Waals surface area (Å²) in [6.45, 7) is 5.80. The molecule has 1 aliphatic heterocycles. The van der Waals surface area contributed by atoms with Crippen molar-refractivity contribution >= 4 is 5.91 Å². The van der Waals surface area contributed by atoms with E-state index in [-0.39, 0.29) is 5.91 Å². The maximum atomic E-state index is 11.9. The zero-order valence-electron chi connectivity index (χ0n) is 19.5. The predicted molar refractivity (Wildman–Crippen MR) is 124 cm³/mol. The van der Waals surface area contributed by atoms with Gasteiger partial charge >= 0.3 is 0 Å². The average Bonchev–Trinajstić information content (AvgIpc) is 2.75. The predicted octanol–water partition coefficient (Wildman–Crippen LogP) is 6.13. The number of carbonyl (C=O) groups excluding carboxylic acids is 1. The van der Waals surface area contributed by atoms with Crippen molar-refractivity contribution in [3.05, 3.63) is 0 Å². The van der Waals surface area contributed by atoms with E-state index in [1.165, 1.54) is 89.9 Å². The van der Waals surface area contributed by atoms with Crippen LogP contribution < -0.4 is 10.6 Å². The lowest BCUT2D eigenvalue weighted by Crippen LogP contribution is -2.38. The third kappa shape index (κ3) is 17.9. The van der Waals surface area contributed by atoms with E-state index in [0.29, 0.717) is 12.5 Å². The molecule has 0 aliphatic carbocycles. The fourth-order valence-electron chi connectivity index (χ4n) is 4.11. The Kier molecular flexibility index (Phi) is 18.8. The number of carbonyl (C=O) groups is 1. The Morgan fingerprint density at radius 2 is 1.38 bits per heavy atom. The van der Waals surface area contributed by atoms with Gasteiger partial charge in [-0.25, -0.2) is 0 Å². The van der Waals surface area contributed by atoms with Crippen LogP contribution in [-0.4, -0.2) is 38.3 Å². The lowest BCUT2D eigenvalue weighted by atomic mass is 10.0.